The van der Waals surface area contributed by atoms with Gasteiger partial charge in [-0.05, 0) is 58.6 Å². The minimum Gasteiger partial charge on any atom is -0.293 e. The second-order valence-corrected chi connectivity index (χ2v) is 6.84. The fourth-order valence-corrected chi connectivity index (χ4v) is 3.75. The maximum Gasteiger partial charge on any atom is 0.101 e. The van der Waals surface area contributed by atoms with Gasteiger partial charge in [-0.3, -0.25) is 4.90 Å². The predicted molar refractivity (Wildman–Crippen MR) is 91.0 cm³/mol. The molecule has 2 heterocycles. The Morgan fingerprint density at radius 2 is 1.35 bits per heavy atom. The smallest absolute Gasteiger partial charge is 0.101 e. The summed E-state index contributed by atoms with van der Waals surface area (Å²) in [7, 11) is 0. The van der Waals surface area contributed by atoms with Crippen molar-refractivity contribution in [3.8, 4) is 0 Å². The quantitative estimate of drug-likeness (QED) is 0.538. The summed E-state index contributed by atoms with van der Waals surface area (Å²) in [6.07, 6.45) is 0. The predicted octanol–water partition coefficient (Wildman–Crippen LogP) is 6.40. The van der Waals surface area contributed by atoms with Gasteiger partial charge in [-0.1, -0.05) is 26.0 Å². The number of anilines is 3. The van der Waals surface area contributed by atoms with Crippen LogP contribution in [0.15, 0.2) is 59.3 Å². The van der Waals surface area contributed by atoms with Crippen molar-refractivity contribution >= 4 is 38.4 Å². The molecule has 0 radical (unpaired) electrons. The molecular formula is C17H17NS2. The van der Waals surface area contributed by atoms with Crippen LogP contribution >= 0.6 is 22.7 Å². The van der Waals surface area contributed by atoms with Crippen LogP contribution in [0, 0.1) is 0 Å². The summed E-state index contributed by atoms with van der Waals surface area (Å²) in [5.74, 6) is 0.570. The summed E-state index contributed by atoms with van der Waals surface area (Å²) in [4.78, 5) is 2.32. The molecule has 0 saturated carbocycles. The van der Waals surface area contributed by atoms with E-state index in [1.54, 1.807) is 22.7 Å². The molecule has 0 aliphatic heterocycles. The average molecular weight is 299 g/mol. The zero-order chi connectivity index (χ0) is 13.9. The molecule has 3 aromatic rings. The van der Waals surface area contributed by atoms with Gasteiger partial charge in [0.1, 0.15) is 10.0 Å². The molecule has 0 unspecified atom stereocenters. The molecule has 0 saturated heterocycles. The van der Waals surface area contributed by atoms with Crippen molar-refractivity contribution in [1.29, 1.82) is 0 Å². The molecule has 0 N–H and O–H groups in total. The Kier molecular flexibility index (Phi) is 3.90. The minimum absolute atomic E-state index is 0.570. The van der Waals surface area contributed by atoms with E-state index in [9.17, 15) is 0 Å². The maximum absolute atomic E-state index is 2.32. The fraction of sp³-hybridized carbons (Fsp3) is 0.176. The third kappa shape index (κ3) is 2.65. The number of rotatable bonds is 4. The monoisotopic (exact) mass is 299 g/mol. The topological polar surface area (TPSA) is 3.24 Å². The Morgan fingerprint density at radius 3 is 1.75 bits per heavy atom. The van der Waals surface area contributed by atoms with Gasteiger partial charge < -0.3 is 0 Å². The molecular weight excluding hydrogens is 282 g/mol. The summed E-state index contributed by atoms with van der Waals surface area (Å²) in [5.41, 5.74) is 2.60. The minimum atomic E-state index is 0.570. The first-order valence-corrected chi connectivity index (χ1v) is 8.49. The number of thiophene rings is 2. The van der Waals surface area contributed by atoms with E-state index < -0.39 is 0 Å². The van der Waals surface area contributed by atoms with Crippen molar-refractivity contribution in [2.75, 3.05) is 4.90 Å². The Bertz CT molecular complexity index is 603. The number of hydrogen-bond acceptors (Lipinski definition) is 3. The third-order valence-corrected chi connectivity index (χ3v) is 4.98. The Balaban J connectivity index is 2.02. The summed E-state index contributed by atoms with van der Waals surface area (Å²) < 4.78 is 0. The molecule has 1 nitrogen and oxygen atoms in total. The fourth-order valence-electron chi connectivity index (χ4n) is 2.17. The van der Waals surface area contributed by atoms with Gasteiger partial charge in [-0.25, -0.2) is 0 Å². The van der Waals surface area contributed by atoms with E-state index in [0.717, 1.165) is 0 Å². The second kappa shape index (κ2) is 5.81. The van der Waals surface area contributed by atoms with Crippen molar-refractivity contribution in [1.82, 2.24) is 0 Å². The molecule has 102 valence electrons. The van der Waals surface area contributed by atoms with Crippen molar-refractivity contribution in [2.24, 2.45) is 0 Å². The Hall–Kier alpha value is -1.58. The normalized spacial score (nSPS) is 10.9. The van der Waals surface area contributed by atoms with Gasteiger partial charge in [0, 0.05) is 5.69 Å². The molecule has 0 bridgehead atoms. The number of benzene rings is 1. The lowest BCUT2D eigenvalue weighted by Gasteiger charge is -2.22. The Labute approximate surface area is 128 Å². The summed E-state index contributed by atoms with van der Waals surface area (Å²) >= 11 is 3.53. The van der Waals surface area contributed by atoms with Crippen LogP contribution in [0.2, 0.25) is 0 Å². The number of hydrogen-bond donors (Lipinski definition) is 0. The SMILES string of the molecule is CC(C)c1ccc(N(c2cccs2)c2cccs2)cc1. The second-order valence-electron chi connectivity index (χ2n) is 4.98. The summed E-state index contributed by atoms with van der Waals surface area (Å²) in [6, 6.07) is 17.4. The van der Waals surface area contributed by atoms with E-state index in [0.29, 0.717) is 5.92 Å². The van der Waals surface area contributed by atoms with Crippen molar-refractivity contribution in [3.63, 3.8) is 0 Å². The standard InChI is InChI=1S/C17H17NS2/c1-13(2)14-7-9-15(10-8-14)18(16-5-3-11-19-16)17-6-4-12-20-17/h3-13H,1-2H3. The molecule has 1 aromatic carbocycles. The molecule has 0 spiro atoms. The lowest BCUT2D eigenvalue weighted by atomic mass is 10.0. The summed E-state index contributed by atoms with van der Waals surface area (Å²) in [6.45, 7) is 4.45. The lowest BCUT2D eigenvalue weighted by molar-refractivity contribution is 0.867. The van der Waals surface area contributed by atoms with Gasteiger partial charge >= 0.3 is 0 Å². The molecule has 3 rings (SSSR count). The van der Waals surface area contributed by atoms with E-state index >= 15 is 0 Å². The highest BCUT2D eigenvalue weighted by molar-refractivity contribution is 7.16. The first kappa shape index (κ1) is 13.4. The van der Waals surface area contributed by atoms with E-state index in [4.69, 9.17) is 0 Å². The largest absolute Gasteiger partial charge is 0.293 e. The number of nitrogens with zero attached hydrogens (tertiary/aromatic N) is 1. The lowest BCUT2D eigenvalue weighted by Crippen LogP contribution is -2.06. The third-order valence-electron chi connectivity index (χ3n) is 3.27. The van der Waals surface area contributed by atoms with Crippen LogP contribution in [0.1, 0.15) is 25.3 Å². The molecule has 2 aromatic heterocycles. The van der Waals surface area contributed by atoms with Gasteiger partial charge in [-0.15, -0.1) is 22.7 Å². The zero-order valence-electron chi connectivity index (χ0n) is 11.6. The van der Waals surface area contributed by atoms with E-state index in [1.165, 1.54) is 21.3 Å². The van der Waals surface area contributed by atoms with E-state index in [2.05, 4.69) is 78.0 Å². The molecule has 3 heteroatoms. The van der Waals surface area contributed by atoms with Gasteiger partial charge in [0.2, 0.25) is 0 Å². The van der Waals surface area contributed by atoms with Gasteiger partial charge in [0.15, 0.2) is 0 Å². The van der Waals surface area contributed by atoms with Gasteiger partial charge in [0.25, 0.3) is 0 Å². The van der Waals surface area contributed by atoms with Gasteiger partial charge in [0.05, 0.1) is 0 Å². The highest BCUT2D eigenvalue weighted by Crippen LogP contribution is 2.39. The van der Waals surface area contributed by atoms with Crippen molar-refractivity contribution < 1.29 is 0 Å². The maximum atomic E-state index is 2.32. The molecule has 20 heavy (non-hydrogen) atoms. The summed E-state index contributed by atoms with van der Waals surface area (Å²) in [5, 5.41) is 6.76. The molecule has 0 amide bonds. The first-order valence-electron chi connectivity index (χ1n) is 6.73. The van der Waals surface area contributed by atoms with Crippen LogP contribution < -0.4 is 4.90 Å². The van der Waals surface area contributed by atoms with Crippen LogP contribution in [0.4, 0.5) is 15.7 Å². The van der Waals surface area contributed by atoms with Crippen molar-refractivity contribution in [2.45, 2.75) is 19.8 Å². The van der Waals surface area contributed by atoms with Gasteiger partial charge in [-0.2, -0.15) is 0 Å². The van der Waals surface area contributed by atoms with Crippen LogP contribution in [0.25, 0.3) is 0 Å². The van der Waals surface area contributed by atoms with Crippen LogP contribution in [-0.4, -0.2) is 0 Å². The molecule has 0 fully saturated rings. The molecule has 0 aliphatic carbocycles. The Morgan fingerprint density at radius 1 is 0.800 bits per heavy atom. The van der Waals surface area contributed by atoms with Crippen LogP contribution in [0.5, 0.6) is 0 Å². The van der Waals surface area contributed by atoms with E-state index in [-0.39, 0.29) is 0 Å². The highest BCUT2D eigenvalue weighted by Gasteiger charge is 2.14. The molecule has 0 atom stereocenters. The van der Waals surface area contributed by atoms with Crippen LogP contribution in [-0.2, 0) is 0 Å². The van der Waals surface area contributed by atoms with Crippen molar-refractivity contribution in [3.05, 3.63) is 64.9 Å². The van der Waals surface area contributed by atoms with Crippen LogP contribution in [0.3, 0.4) is 0 Å². The van der Waals surface area contributed by atoms with E-state index in [1.807, 2.05) is 0 Å². The molecule has 0 aliphatic rings. The zero-order valence-corrected chi connectivity index (χ0v) is 13.2. The first-order chi connectivity index (χ1) is 9.75. The average Bonchev–Trinajstić information content (AvgIpc) is 3.13. The highest BCUT2D eigenvalue weighted by atomic mass is 32.1.